The molecule has 0 radical (unpaired) electrons. The first-order chi connectivity index (χ1) is 31.2. The van der Waals surface area contributed by atoms with E-state index in [1.54, 1.807) is 19.3 Å². The smallest absolute Gasteiger partial charge is 0.0650 e. The lowest BCUT2D eigenvalue weighted by atomic mass is 9.59. The van der Waals surface area contributed by atoms with Gasteiger partial charge in [0.2, 0.25) is 0 Å². The van der Waals surface area contributed by atoms with Gasteiger partial charge in [-0.2, -0.15) is 0 Å². The third-order valence-corrected chi connectivity index (χ3v) is 19.9. The number of nitrogens with zero attached hydrogens (tertiary/aromatic N) is 3. The zero-order chi connectivity index (χ0) is 42.2. The van der Waals surface area contributed by atoms with Crippen LogP contribution in [0.2, 0.25) is 0 Å². The molecule has 0 amide bonds. The minimum atomic E-state index is 0.512. The van der Waals surface area contributed by atoms with Crippen molar-refractivity contribution >= 4 is 0 Å². The normalized spacial score (nSPS) is 43.9. The van der Waals surface area contributed by atoms with Gasteiger partial charge in [0.25, 0.3) is 0 Å². The molecule has 0 aromatic rings. The summed E-state index contributed by atoms with van der Waals surface area (Å²) in [5, 5.41) is 24.1. The number of hydrogen-bond acceptors (Lipinski definition) is 9. The van der Waals surface area contributed by atoms with Crippen molar-refractivity contribution in [3.63, 3.8) is 0 Å². The van der Waals surface area contributed by atoms with Crippen molar-refractivity contribution in [2.24, 2.45) is 35.5 Å². The molecule has 8 atom stereocenters. The summed E-state index contributed by atoms with van der Waals surface area (Å²) in [6, 6.07) is 2.27. The molecule has 6 N–H and O–H groups in total. The van der Waals surface area contributed by atoms with Crippen LogP contribution in [0.5, 0.6) is 0 Å². The summed E-state index contributed by atoms with van der Waals surface area (Å²) in [4.78, 5) is 9.03. The van der Waals surface area contributed by atoms with Crippen LogP contribution in [-0.4, -0.2) is 109 Å². The van der Waals surface area contributed by atoms with Gasteiger partial charge in [-0.3, -0.25) is 20.0 Å². The summed E-state index contributed by atoms with van der Waals surface area (Å²) in [5.41, 5.74) is 0. The molecule has 0 aromatic carbocycles. The molecular formula is C54H97N9. The Labute approximate surface area is 386 Å². The average molecular weight is 872 g/mol. The van der Waals surface area contributed by atoms with E-state index in [0.717, 1.165) is 60.2 Å². The standard InChI is InChI=1S/C54H97N9/c1-7-31-55-49(13-1)61(50-14-2-8-32-56-50)46-25-19-40(20-26-46)43-37-44(41-21-27-47(28-22-41)62(51-15-3-9-33-57-51)52-16-4-10-34-58-52)39-45(38-43)42-23-29-48(30-24-42)63(53-17-5-11-35-59-53)54-18-6-12-36-60-54/h1,7,40-60H,2-6,8-39H2. The zero-order valence-electron chi connectivity index (χ0n) is 40.3. The quantitative estimate of drug-likeness (QED) is 0.108. The molecule has 6 aliphatic heterocycles. The Balaban J connectivity index is 0.819. The highest BCUT2D eigenvalue weighted by molar-refractivity contribution is 5.00. The van der Waals surface area contributed by atoms with Crippen LogP contribution in [0.3, 0.4) is 0 Å². The topological polar surface area (TPSA) is 81.9 Å². The largest absolute Gasteiger partial charge is 0.302 e. The van der Waals surface area contributed by atoms with Crippen molar-refractivity contribution < 1.29 is 0 Å². The highest BCUT2D eigenvalue weighted by atomic mass is 15.4. The molecule has 5 saturated heterocycles. The number of piperidine rings is 5. The highest BCUT2D eigenvalue weighted by Crippen LogP contribution is 2.52. The van der Waals surface area contributed by atoms with E-state index in [4.69, 9.17) is 0 Å². The van der Waals surface area contributed by atoms with Crippen LogP contribution in [0.25, 0.3) is 0 Å². The van der Waals surface area contributed by atoms with Gasteiger partial charge in [0.1, 0.15) is 0 Å². The lowest BCUT2D eigenvalue weighted by Crippen LogP contribution is -2.62. The maximum absolute atomic E-state index is 4.03. The SMILES string of the molecule is C1=CCC(N(C2CCC(C3CC(C4CCC(N(C5CCCCN5)C5CCCCN5)CC4)CC(C4CCC(N(C5CCCCN5)C5CCCCN5)CC4)C3)CC2)C2CCCCN2)NC1. The van der Waals surface area contributed by atoms with Crippen molar-refractivity contribution in [2.45, 2.75) is 254 Å². The monoisotopic (exact) mass is 872 g/mol. The van der Waals surface area contributed by atoms with Crippen molar-refractivity contribution in [3.05, 3.63) is 12.2 Å². The molecule has 9 fully saturated rings. The van der Waals surface area contributed by atoms with E-state index < -0.39 is 0 Å². The van der Waals surface area contributed by atoms with Crippen LogP contribution in [0.1, 0.15) is 199 Å². The second kappa shape index (κ2) is 23.1. The predicted octanol–water partition coefficient (Wildman–Crippen LogP) is 8.97. The fourth-order valence-electron chi connectivity index (χ4n) is 16.7. The molecule has 8 unspecified atom stereocenters. The summed E-state index contributed by atoms with van der Waals surface area (Å²) in [7, 11) is 0. The average Bonchev–Trinajstić information content (AvgIpc) is 3.37. The van der Waals surface area contributed by atoms with Crippen LogP contribution in [-0.2, 0) is 0 Å². The fourth-order valence-corrected chi connectivity index (χ4v) is 16.7. The Bertz CT molecular complexity index is 1240. The number of hydrogen-bond donors (Lipinski definition) is 6. The molecule has 358 valence electrons. The van der Waals surface area contributed by atoms with Gasteiger partial charge in [-0.05, 0) is 267 Å². The van der Waals surface area contributed by atoms with Gasteiger partial charge in [0.15, 0.2) is 0 Å². The van der Waals surface area contributed by atoms with Gasteiger partial charge in [-0.1, -0.05) is 12.2 Å². The molecule has 6 heterocycles. The maximum atomic E-state index is 4.03. The van der Waals surface area contributed by atoms with Crippen LogP contribution in [0.15, 0.2) is 12.2 Å². The molecule has 0 aromatic heterocycles. The molecule has 9 nitrogen and oxygen atoms in total. The van der Waals surface area contributed by atoms with E-state index in [9.17, 15) is 0 Å². The van der Waals surface area contributed by atoms with Gasteiger partial charge >= 0.3 is 0 Å². The van der Waals surface area contributed by atoms with E-state index in [0.29, 0.717) is 37.0 Å². The summed E-state index contributed by atoms with van der Waals surface area (Å²) < 4.78 is 0. The van der Waals surface area contributed by atoms with Crippen molar-refractivity contribution in [1.82, 2.24) is 46.6 Å². The number of rotatable bonds is 12. The molecule has 10 aliphatic rings. The van der Waals surface area contributed by atoms with Crippen molar-refractivity contribution in [1.29, 1.82) is 0 Å². The summed E-state index contributed by atoms with van der Waals surface area (Å²) >= 11 is 0. The lowest BCUT2D eigenvalue weighted by Gasteiger charge is -2.52. The van der Waals surface area contributed by atoms with E-state index in [2.05, 4.69) is 58.8 Å². The molecule has 10 rings (SSSR count). The molecule has 4 saturated carbocycles. The fraction of sp³-hybridized carbons (Fsp3) is 0.963. The molecule has 4 aliphatic carbocycles. The summed E-state index contributed by atoms with van der Waals surface area (Å²) in [6.07, 6.45) is 52.2. The minimum Gasteiger partial charge on any atom is -0.302 e. The predicted molar refractivity (Wildman–Crippen MR) is 261 cm³/mol. The molecule has 9 heteroatoms. The Morgan fingerprint density at radius 3 is 0.825 bits per heavy atom. The van der Waals surface area contributed by atoms with Crippen LogP contribution in [0.4, 0.5) is 0 Å². The molecule has 0 bridgehead atoms. The first-order valence-electron chi connectivity index (χ1n) is 28.6. The Hall–Kier alpha value is -0.620. The van der Waals surface area contributed by atoms with Crippen LogP contribution < -0.4 is 31.9 Å². The first kappa shape index (κ1) is 46.1. The van der Waals surface area contributed by atoms with E-state index >= 15 is 0 Å². The third kappa shape index (κ3) is 11.5. The van der Waals surface area contributed by atoms with E-state index in [-0.39, 0.29) is 0 Å². The lowest BCUT2D eigenvalue weighted by molar-refractivity contribution is -0.0286. The van der Waals surface area contributed by atoms with Crippen molar-refractivity contribution in [3.8, 4) is 0 Å². The summed E-state index contributed by atoms with van der Waals surface area (Å²) in [5.74, 6) is 5.77. The minimum absolute atomic E-state index is 0.512. The van der Waals surface area contributed by atoms with Crippen molar-refractivity contribution in [2.75, 3.05) is 39.3 Å². The molecule has 0 spiro atoms. The van der Waals surface area contributed by atoms with Gasteiger partial charge in [0, 0.05) is 24.7 Å². The molecule has 63 heavy (non-hydrogen) atoms. The maximum Gasteiger partial charge on any atom is 0.0650 e. The Kier molecular flexibility index (Phi) is 16.9. The molecular weight excluding hydrogens is 775 g/mol. The van der Waals surface area contributed by atoms with Gasteiger partial charge in [0.05, 0.1) is 37.0 Å². The van der Waals surface area contributed by atoms with Crippen LogP contribution >= 0.6 is 0 Å². The third-order valence-electron chi connectivity index (χ3n) is 19.9. The summed E-state index contributed by atoms with van der Waals surface area (Å²) in [6.45, 7) is 7.11. The van der Waals surface area contributed by atoms with Gasteiger partial charge < -0.3 is 26.6 Å². The van der Waals surface area contributed by atoms with E-state index in [1.165, 1.54) is 213 Å². The first-order valence-corrected chi connectivity index (χ1v) is 28.6. The second-order valence-electron chi connectivity index (χ2n) is 23.5. The zero-order valence-corrected chi connectivity index (χ0v) is 40.3. The number of nitrogens with one attached hydrogen (secondary N) is 6. The Morgan fingerprint density at radius 2 is 0.571 bits per heavy atom. The second-order valence-corrected chi connectivity index (χ2v) is 23.5. The Morgan fingerprint density at radius 1 is 0.270 bits per heavy atom. The highest BCUT2D eigenvalue weighted by Gasteiger charge is 2.46. The van der Waals surface area contributed by atoms with Gasteiger partial charge in [-0.25, -0.2) is 0 Å². The van der Waals surface area contributed by atoms with E-state index in [1.807, 2.05) is 0 Å². The van der Waals surface area contributed by atoms with Crippen LogP contribution in [0, 0.1) is 35.5 Å². The van der Waals surface area contributed by atoms with Gasteiger partial charge in [-0.15, -0.1) is 0 Å².